The summed E-state index contributed by atoms with van der Waals surface area (Å²) in [5, 5.41) is 0. The van der Waals surface area contributed by atoms with Crippen LogP contribution < -0.4 is 11.5 Å². The van der Waals surface area contributed by atoms with E-state index < -0.39 is 22.6 Å². The van der Waals surface area contributed by atoms with Gasteiger partial charge in [0.1, 0.15) is 5.52 Å². The summed E-state index contributed by atoms with van der Waals surface area (Å²) >= 11 is 0. The van der Waals surface area contributed by atoms with Gasteiger partial charge in [0.15, 0.2) is 12.0 Å². The monoisotopic (exact) mass is 448 g/mol. The molecule has 7 nitrogen and oxygen atoms in total. The molecule has 1 spiro atoms. The first-order valence-electron chi connectivity index (χ1n) is 12.3. The molecule has 4 N–H and O–H groups in total. The molecule has 4 atom stereocenters. The van der Waals surface area contributed by atoms with Crippen molar-refractivity contribution in [3.05, 3.63) is 42.3 Å². The zero-order chi connectivity index (χ0) is 22.8. The number of benzene rings is 1. The molecule has 0 radical (unpaired) electrons. The largest absolute Gasteiger partial charge is 0.443 e. The Labute approximate surface area is 193 Å². The third-order valence-corrected chi connectivity index (χ3v) is 9.37. The molecule has 2 amide bonds. The number of likely N-dealkylation sites (tertiary alicyclic amines) is 1. The molecule has 2 saturated carbocycles. The highest BCUT2D eigenvalue weighted by Crippen LogP contribution is 2.80. The summed E-state index contributed by atoms with van der Waals surface area (Å²) in [4.78, 5) is 33.8. The Morgan fingerprint density at radius 2 is 1.82 bits per heavy atom. The number of hydrogen-bond acceptors (Lipinski definition) is 5. The van der Waals surface area contributed by atoms with Gasteiger partial charge < -0.3 is 20.8 Å². The number of aromatic nitrogens is 1. The number of unbranched alkanes of at least 4 members (excludes halogenated alkanes) is 1. The van der Waals surface area contributed by atoms with Crippen LogP contribution in [0.1, 0.15) is 50.5 Å². The average Bonchev–Trinajstić information content (AvgIpc) is 3.15. The van der Waals surface area contributed by atoms with Crippen molar-refractivity contribution in [2.45, 2.75) is 50.4 Å². The summed E-state index contributed by atoms with van der Waals surface area (Å²) < 4.78 is 5.57. The summed E-state index contributed by atoms with van der Waals surface area (Å²) in [7, 11) is 0. The van der Waals surface area contributed by atoms with E-state index in [1.54, 1.807) is 0 Å². The minimum Gasteiger partial charge on any atom is -0.443 e. The average molecular weight is 449 g/mol. The quantitative estimate of drug-likeness (QED) is 0.476. The molecule has 1 saturated heterocycles. The fraction of sp³-hybridized carbons (Fsp3) is 0.577. The van der Waals surface area contributed by atoms with E-state index in [2.05, 4.69) is 22.0 Å². The van der Waals surface area contributed by atoms with E-state index in [4.69, 9.17) is 15.9 Å². The number of rotatable bonds is 8. The molecule has 3 fully saturated rings. The molecule has 7 heteroatoms. The van der Waals surface area contributed by atoms with Crippen LogP contribution in [-0.2, 0) is 15.0 Å². The molecule has 1 aromatic heterocycles. The Morgan fingerprint density at radius 1 is 1.06 bits per heavy atom. The zero-order valence-electron chi connectivity index (χ0n) is 19.0. The number of carbonyl (C=O) groups excluding carboxylic acids is 2. The van der Waals surface area contributed by atoms with E-state index in [0.717, 1.165) is 50.9 Å². The standard InChI is InChI=1S/C26H32N4O3/c27-22(31)25(9-1-2-12-30-13-3-4-14-30)20-7-8-21(24(20)10-11-24)26(25,23(28)32)17-5-6-18-19(15-17)33-16-29-18/h5-8,15-16,20-21H,1-4,9-14H2,(H2,27,31)(H2,28,32)/t20-,21+,25+,26-/m1/s1. The van der Waals surface area contributed by atoms with Crippen molar-refractivity contribution < 1.29 is 14.0 Å². The summed E-state index contributed by atoms with van der Waals surface area (Å²) in [6.45, 7) is 3.33. The number of nitrogens with two attached hydrogens (primary N) is 2. The number of amides is 2. The summed E-state index contributed by atoms with van der Waals surface area (Å²) in [6.07, 6.45) is 12.6. The first kappa shape index (κ1) is 20.9. The topological polar surface area (TPSA) is 115 Å². The third kappa shape index (κ3) is 2.57. The highest BCUT2D eigenvalue weighted by atomic mass is 16.3. The minimum absolute atomic E-state index is 0.0581. The van der Waals surface area contributed by atoms with Crippen molar-refractivity contribution in [2.24, 2.45) is 34.1 Å². The van der Waals surface area contributed by atoms with Gasteiger partial charge in [-0.3, -0.25) is 9.59 Å². The first-order valence-corrected chi connectivity index (χ1v) is 12.3. The van der Waals surface area contributed by atoms with Crippen LogP contribution in [0.15, 0.2) is 41.2 Å². The van der Waals surface area contributed by atoms with Gasteiger partial charge in [-0.25, -0.2) is 4.98 Å². The van der Waals surface area contributed by atoms with Crippen molar-refractivity contribution in [1.82, 2.24) is 9.88 Å². The molecule has 4 aliphatic rings. The van der Waals surface area contributed by atoms with Crippen LogP contribution in [0.4, 0.5) is 0 Å². The van der Waals surface area contributed by atoms with E-state index in [0.29, 0.717) is 17.5 Å². The zero-order valence-corrected chi connectivity index (χ0v) is 19.0. The fourth-order valence-corrected chi connectivity index (χ4v) is 7.94. The number of carbonyl (C=O) groups is 2. The van der Waals surface area contributed by atoms with E-state index in [1.807, 2.05) is 18.2 Å². The molecule has 0 unspecified atom stereocenters. The van der Waals surface area contributed by atoms with Crippen molar-refractivity contribution >= 4 is 22.9 Å². The minimum atomic E-state index is -1.18. The van der Waals surface area contributed by atoms with Crippen LogP contribution in [0.5, 0.6) is 0 Å². The van der Waals surface area contributed by atoms with E-state index >= 15 is 0 Å². The van der Waals surface area contributed by atoms with Crippen LogP contribution in [-0.4, -0.2) is 41.3 Å². The van der Waals surface area contributed by atoms with Gasteiger partial charge in [-0.2, -0.15) is 0 Å². The summed E-state index contributed by atoms with van der Waals surface area (Å²) in [5.41, 5.74) is 12.3. The smallest absolute Gasteiger partial charge is 0.229 e. The molecule has 2 bridgehead atoms. The highest BCUT2D eigenvalue weighted by molar-refractivity contribution is 6.00. The molecular weight excluding hydrogens is 416 g/mol. The van der Waals surface area contributed by atoms with Gasteiger partial charge in [0.2, 0.25) is 11.8 Å². The lowest BCUT2D eigenvalue weighted by Gasteiger charge is -2.48. The SMILES string of the molecule is NC(=O)[C@]1(CCCCN2CCCC2)[C@@H]2C=C[C@@H](C23CC3)[C@@]1(C(N)=O)c1ccc2ncoc2c1. The van der Waals surface area contributed by atoms with Crippen molar-refractivity contribution in [1.29, 1.82) is 0 Å². The van der Waals surface area contributed by atoms with Crippen LogP contribution >= 0.6 is 0 Å². The fourth-order valence-electron chi connectivity index (χ4n) is 7.94. The Hall–Kier alpha value is -2.67. The molecule has 33 heavy (non-hydrogen) atoms. The second kappa shape index (κ2) is 7.16. The molecule has 174 valence electrons. The van der Waals surface area contributed by atoms with Gasteiger partial charge in [0.05, 0.1) is 10.8 Å². The van der Waals surface area contributed by atoms with Gasteiger partial charge in [-0.1, -0.05) is 24.6 Å². The normalized spacial score (nSPS) is 33.9. The third-order valence-electron chi connectivity index (χ3n) is 9.37. The number of nitrogens with zero attached hydrogens (tertiary/aromatic N) is 2. The first-order chi connectivity index (χ1) is 16.0. The van der Waals surface area contributed by atoms with E-state index in [9.17, 15) is 9.59 Å². The lowest BCUT2D eigenvalue weighted by Crippen LogP contribution is -2.62. The Morgan fingerprint density at radius 3 is 2.52 bits per heavy atom. The lowest BCUT2D eigenvalue weighted by atomic mass is 9.52. The number of hydrogen-bond donors (Lipinski definition) is 2. The maximum atomic E-state index is 13.6. The molecule has 6 rings (SSSR count). The molecule has 2 heterocycles. The van der Waals surface area contributed by atoms with Crippen molar-refractivity contribution in [3.63, 3.8) is 0 Å². The lowest BCUT2D eigenvalue weighted by molar-refractivity contribution is -0.143. The Bertz CT molecular complexity index is 1150. The van der Waals surface area contributed by atoms with Crippen LogP contribution in [0.2, 0.25) is 0 Å². The van der Waals surface area contributed by atoms with E-state index in [1.165, 1.54) is 19.2 Å². The molecular formula is C26H32N4O3. The maximum absolute atomic E-state index is 13.6. The van der Waals surface area contributed by atoms with Crippen LogP contribution in [0, 0.1) is 22.7 Å². The van der Waals surface area contributed by atoms with Gasteiger partial charge in [0.25, 0.3) is 0 Å². The van der Waals surface area contributed by atoms with Crippen molar-refractivity contribution in [3.8, 4) is 0 Å². The summed E-state index contributed by atoms with van der Waals surface area (Å²) in [5.74, 6) is -1.04. The number of allylic oxidation sites excluding steroid dienone is 2. The molecule has 1 aromatic carbocycles. The number of fused-ring (bicyclic) bond motifs is 1. The van der Waals surface area contributed by atoms with Crippen molar-refractivity contribution in [2.75, 3.05) is 19.6 Å². The molecule has 1 aliphatic heterocycles. The molecule has 2 aromatic rings. The van der Waals surface area contributed by atoms with Gasteiger partial charge in [-0.15, -0.1) is 0 Å². The van der Waals surface area contributed by atoms with E-state index in [-0.39, 0.29) is 17.3 Å². The molecule has 3 aliphatic carbocycles. The van der Waals surface area contributed by atoms with Gasteiger partial charge >= 0.3 is 0 Å². The Kier molecular flexibility index (Phi) is 4.54. The predicted octanol–water partition coefficient (Wildman–Crippen LogP) is 2.88. The van der Waals surface area contributed by atoms with Crippen LogP contribution in [0.25, 0.3) is 11.1 Å². The van der Waals surface area contributed by atoms with Crippen LogP contribution in [0.3, 0.4) is 0 Å². The highest BCUT2D eigenvalue weighted by Gasteiger charge is 2.82. The predicted molar refractivity (Wildman–Crippen MR) is 124 cm³/mol. The number of primary amides is 2. The summed E-state index contributed by atoms with van der Waals surface area (Å²) in [6, 6.07) is 5.62. The second-order valence-corrected chi connectivity index (χ2v) is 10.6. The number of oxazole rings is 1. The van der Waals surface area contributed by atoms with Gasteiger partial charge in [-0.05, 0) is 87.2 Å². The Balaban J connectivity index is 1.45. The maximum Gasteiger partial charge on any atom is 0.229 e. The van der Waals surface area contributed by atoms with Gasteiger partial charge in [0, 0.05) is 5.92 Å². The second-order valence-electron chi connectivity index (χ2n) is 10.6.